The van der Waals surface area contributed by atoms with E-state index >= 15 is 0 Å². The zero-order chi connectivity index (χ0) is 21.3. The van der Waals surface area contributed by atoms with Gasteiger partial charge in [-0.15, -0.1) is 11.3 Å². The predicted molar refractivity (Wildman–Crippen MR) is 115 cm³/mol. The van der Waals surface area contributed by atoms with Gasteiger partial charge in [0.2, 0.25) is 5.91 Å². The third kappa shape index (κ3) is 6.14. The number of anilines is 1. The van der Waals surface area contributed by atoms with Crippen molar-refractivity contribution in [1.82, 2.24) is 15.6 Å². The van der Waals surface area contributed by atoms with Crippen LogP contribution in [0, 0.1) is 0 Å². The van der Waals surface area contributed by atoms with E-state index in [9.17, 15) is 14.4 Å². The van der Waals surface area contributed by atoms with E-state index in [1.54, 1.807) is 42.7 Å². The van der Waals surface area contributed by atoms with Crippen molar-refractivity contribution >= 4 is 34.9 Å². The smallest absolute Gasteiger partial charge is 0.312 e. The Morgan fingerprint density at radius 2 is 1.87 bits per heavy atom. The van der Waals surface area contributed by atoms with Gasteiger partial charge < -0.3 is 21.7 Å². The number of primary amides is 1. The van der Waals surface area contributed by atoms with Crippen LogP contribution in [0.1, 0.15) is 33.3 Å². The van der Waals surface area contributed by atoms with Gasteiger partial charge in [-0.2, -0.15) is 0 Å². The topological polar surface area (TPSA) is 126 Å². The second-order valence-corrected chi connectivity index (χ2v) is 7.43. The number of thiophene rings is 1. The maximum atomic E-state index is 12.4. The Balaban J connectivity index is 1.56. The summed E-state index contributed by atoms with van der Waals surface area (Å²) in [6, 6.07) is 13.0. The highest BCUT2D eigenvalue weighted by Crippen LogP contribution is 2.22. The van der Waals surface area contributed by atoms with Crippen molar-refractivity contribution in [2.24, 2.45) is 5.73 Å². The number of amides is 4. The number of nitrogens with two attached hydrogens (primary N) is 1. The van der Waals surface area contributed by atoms with E-state index in [1.165, 1.54) is 11.3 Å². The molecular formula is C21H21N5O3S. The van der Waals surface area contributed by atoms with Gasteiger partial charge in [-0.05, 0) is 41.3 Å². The van der Waals surface area contributed by atoms with Crippen molar-refractivity contribution in [3.05, 3.63) is 82.3 Å². The molecule has 0 radical (unpaired) electrons. The number of nitrogens with zero attached hydrogens (tertiary/aromatic N) is 1. The summed E-state index contributed by atoms with van der Waals surface area (Å²) in [6.07, 6.45) is 3.18. The number of nitrogens with one attached hydrogen (secondary N) is 3. The molecule has 0 aliphatic heterocycles. The maximum absolute atomic E-state index is 12.4. The number of pyridine rings is 1. The number of carbonyl (C=O) groups is 3. The summed E-state index contributed by atoms with van der Waals surface area (Å²) in [5.41, 5.74) is 7.17. The van der Waals surface area contributed by atoms with Crippen molar-refractivity contribution in [3.63, 3.8) is 0 Å². The number of benzene rings is 1. The summed E-state index contributed by atoms with van der Waals surface area (Å²) in [4.78, 5) is 40.6. The minimum Gasteiger partial charge on any atom is -0.352 e. The molecule has 30 heavy (non-hydrogen) atoms. The summed E-state index contributed by atoms with van der Waals surface area (Å²) < 4.78 is 0. The zero-order valence-corrected chi connectivity index (χ0v) is 16.8. The van der Waals surface area contributed by atoms with Crippen LogP contribution in [0.25, 0.3) is 0 Å². The lowest BCUT2D eigenvalue weighted by Gasteiger charge is -2.16. The van der Waals surface area contributed by atoms with Gasteiger partial charge in [0.05, 0.1) is 12.5 Å². The van der Waals surface area contributed by atoms with Crippen molar-refractivity contribution in [1.29, 1.82) is 0 Å². The third-order valence-electron chi connectivity index (χ3n) is 4.21. The van der Waals surface area contributed by atoms with Gasteiger partial charge in [0.1, 0.15) is 0 Å². The van der Waals surface area contributed by atoms with Gasteiger partial charge in [0, 0.05) is 35.1 Å². The average Bonchev–Trinajstić information content (AvgIpc) is 3.27. The quantitative estimate of drug-likeness (QED) is 0.444. The molecule has 8 nitrogen and oxygen atoms in total. The van der Waals surface area contributed by atoms with Crippen LogP contribution in [0.2, 0.25) is 0 Å². The van der Waals surface area contributed by atoms with E-state index in [0.717, 1.165) is 10.4 Å². The lowest BCUT2D eigenvalue weighted by molar-refractivity contribution is -0.121. The van der Waals surface area contributed by atoms with Gasteiger partial charge >= 0.3 is 6.03 Å². The van der Waals surface area contributed by atoms with Gasteiger partial charge in [-0.1, -0.05) is 18.2 Å². The minimum absolute atomic E-state index is 0.0714. The molecule has 0 aliphatic rings. The van der Waals surface area contributed by atoms with Crippen LogP contribution < -0.4 is 21.7 Å². The summed E-state index contributed by atoms with van der Waals surface area (Å²) in [6.45, 7) is 0.283. The first-order valence-electron chi connectivity index (χ1n) is 9.17. The molecule has 2 heterocycles. The number of hydrogen-bond acceptors (Lipinski definition) is 5. The first-order chi connectivity index (χ1) is 14.5. The summed E-state index contributed by atoms with van der Waals surface area (Å²) in [5, 5.41) is 10.1. The molecule has 1 atom stereocenters. The van der Waals surface area contributed by atoms with Crippen LogP contribution in [-0.2, 0) is 11.3 Å². The molecule has 4 amide bonds. The molecule has 154 valence electrons. The van der Waals surface area contributed by atoms with Crippen molar-refractivity contribution in [2.75, 3.05) is 5.32 Å². The van der Waals surface area contributed by atoms with Crippen LogP contribution in [0.5, 0.6) is 0 Å². The SMILES string of the molecule is NC(=O)NC(CC(=O)NCc1cccc(NC(=O)c2ccncc2)c1)c1cccs1. The highest BCUT2D eigenvalue weighted by Gasteiger charge is 2.18. The first kappa shape index (κ1) is 21.0. The van der Waals surface area contributed by atoms with Gasteiger partial charge in [-0.3, -0.25) is 14.6 Å². The Kier molecular flexibility index (Phi) is 7.12. The second-order valence-electron chi connectivity index (χ2n) is 6.45. The monoisotopic (exact) mass is 423 g/mol. The largest absolute Gasteiger partial charge is 0.352 e. The molecule has 9 heteroatoms. The lowest BCUT2D eigenvalue weighted by Crippen LogP contribution is -2.36. The minimum atomic E-state index is -0.682. The molecular weight excluding hydrogens is 402 g/mol. The van der Waals surface area contributed by atoms with E-state index in [0.29, 0.717) is 11.3 Å². The van der Waals surface area contributed by atoms with Gasteiger partial charge in [0.25, 0.3) is 5.91 Å². The van der Waals surface area contributed by atoms with Crippen LogP contribution in [0.15, 0.2) is 66.3 Å². The Labute approximate surface area is 177 Å². The number of aromatic nitrogens is 1. The normalized spacial score (nSPS) is 11.3. The van der Waals surface area contributed by atoms with E-state index in [-0.39, 0.29) is 24.8 Å². The van der Waals surface area contributed by atoms with E-state index in [2.05, 4.69) is 20.9 Å². The number of rotatable bonds is 8. The molecule has 2 aromatic heterocycles. The van der Waals surface area contributed by atoms with Crippen LogP contribution in [0.4, 0.5) is 10.5 Å². The molecule has 3 rings (SSSR count). The predicted octanol–water partition coefficient (Wildman–Crippen LogP) is 2.81. The fourth-order valence-electron chi connectivity index (χ4n) is 2.81. The standard InChI is InChI=1S/C21H21N5O3S/c22-21(29)26-17(18-5-2-10-30-18)12-19(27)24-13-14-3-1-4-16(11-14)25-20(28)15-6-8-23-9-7-15/h1-11,17H,12-13H2,(H,24,27)(H,25,28)(H3,22,26,29). The summed E-state index contributed by atoms with van der Waals surface area (Å²) >= 11 is 1.44. The van der Waals surface area contributed by atoms with E-state index in [4.69, 9.17) is 5.73 Å². The highest BCUT2D eigenvalue weighted by molar-refractivity contribution is 7.10. The first-order valence-corrected chi connectivity index (χ1v) is 10.1. The van der Waals surface area contributed by atoms with E-state index in [1.807, 2.05) is 23.6 Å². The average molecular weight is 423 g/mol. The molecule has 0 bridgehead atoms. The van der Waals surface area contributed by atoms with E-state index < -0.39 is 12.1 Å². The number of hydrogen-bond donors (Lipinski definition) is 4. The van der Waals surface area contributed by atoms with Crippen molar-refractivity contribution in [2.45, 2.75) is 19.0 Å². The molecule has 0 saturated carbocycles. The Morgan fingerprint density at radius 1 is 1.07 bits per heavy atom. The molecule has 3 aromatic rings. The highest BCUT2D eigenvalue weighted by atomic mass is 32.1. The van der Waals surface area contributed by atoms with Crippen LogP contribution in [-0.4, -0.2) is 22.8 Å². The maximum Gasteiger partial charge on any atom is 0.312 e. The van der Waals surface area contributed by atoms with Gasteiger partial charge in [0.15, 0.2) is 0 Å². The fourth-order valence-corrected chi connectivity index (χ4v) is 3.59. The lowest BCUT2D eigenvalue weighted by atomic mass is 10.1. The molecule has 0 aliphatic carbocycles. The number of carbonyl (C=O) groups excluding carboxylic acids is 3. The molecule has 0 spiro atoms. The Morgan fingerprint density at radius 3 is 2.57 bits per heavy atom. The van der Waals surface area contributed by atoms with Crippen LogP contribution >= 0.6 is 11.3 Å². The van der Waals surface area contributed by atoms with Crippen molar-refractivity contribution < 1.29 is 14.4 Å². The van der Waals surface area contributed by atoms with Gasteiger partial charge in [-0.25, -0.2) is 4.79 Å². The zero-order valence-electron chi connectivity index (χ0n) is 16.0. The molecule has 5 N–H and O–H groups in total. The second kappa shape index (κ2) is 10.2. The fraction of sp³-hybridized carbons (Fsp3) is 0.143. The Bertz CT molecular complexity index is 1010. The van der Waals surface area contributed by atoms with Crippen molar-refractivity contribution in [3.8, 4) is 0 Å². The molecule has 1 aromatic carbocycles. The number of urea groups is 1. The Hall–Kier alpha value is -3.72. The molecule has 1 unspecified atom stereocenters. The third-order valence-corrected chi connectivity index (χ3v) is 5.20. The van der Waals surface area contributed by atoms with Crippen LogP contribution in [0.3, 0.4) is 0 Å². The molecule has 0 saturated heterocycles. The summed E-state index contributed by atoms with van der Waals surface area (Å²) in [5.74, 6) is -0.469. The molecule has 0 fully saturated rings. The summed E-state index contributed by atoms with van der Waals surface area (Å²) in [7, 11) is 0.